The number of carbonyl (C=O) groups is 1. The number of rotatable bonds is 3. The number of anilines is 1. The number of hydrogen-bond donors (Lipinski definition) is 1. The molecule has 1 aromatic carbocycles. The summed E-state index contributed by atoms with van der Waals surface area (Å²) in [4.78, 5) is 11.6. The van der Waals surface area contributed by atoms with E-state index in [2.05, 4.69) is 5.10 Å². The molecule has 0 bridgehead atoms. The number of nitrogen functional groups attached to an aromatic ring is 1. The number of benzene rings is 1. The lowest BCUT2D eigenvalue weighted by atomic mass is 10.3. The van der Waals surface area contributed by atoms with E-state index in [-0.39, 0.29) is 11.4 Å². The fourth-order valence-electron chi connectivity index (χ4n) is 1.50. The molecule has 1 aromatic heterocycles. The number of para-hydroxylation sites is 1. The molecule has 102 valence electrons. The van der Waals surface area contributed by atoms with Crippen LogP contribution in [0.4, 0.5) is 5.82 Å². The quantitative estimate of drug-likeness (QED) is 0.862. The highest BCUT2D eigenvalue weighted by atomic mass is 16.5. The van der Waals surface area contributed by atoms with Crippen LogP contribution in [0.25, 0.3) is 5.69 Å². The lowest BCUT2D eigenvalue weighted by Gasteiger charge is -2.04. The average Bonchev–Trinajstić information content (AvgIpc) is 2.84. The molecule has 0 amide bonds. The zero-order chi connectivity index (χ0) is 14.3. The lowest BCUT2D eigenvalue weighted by Crippen LogP contribution is -2.08. The number of hydrogen-bond acceptors (Lipinski definition) is 4. The van der Waals surface area contributed by atoms with Crippen molar-refractivity contribution in [3.05, 3.63) is 42.1 Å². The molecule has 5 heteroatoms. The molecule has 19 heavy (non-hydrogen) atoms. The van der Waals surface area contributed by atoms with Crippen LogP contribution in [-0.4, -0.2) is 22.4 Å². The highest BCUT2D eigenvalue weighted by Crippen LogP contribution is 2.17. The summed E-state index contributed by atoms with van der Waals surface area (Å²) in [6.07, 6.45) is 1.42. The van der Waals surface area contributed by atoms with E-state index in [1.807, 2.05) is 44.2 Å². The molecule has 0 saturated carbocycles. The summed E-state index contributed by atoms with van der Waals surface area (Å²) in [7, 11) is 0. The molecule has 2 aromatic rings. The Labute approximate surface area is 113 Å². The van der Waals surface area contributed by atoms with Gasteiger partial charge in [-0.3, -0.25) is 0 Å². The van der Waals surface area contributed by atoms with Crippen molar-refractivity contribution < 1.29 is 9.53 Å². The highest BCUT2D eigenvalue weighted by molar-refractivity contribution is 5.94. The van der Waals surface area contributed by atoms with Crippen molar-refractivity contribution in [3.63, 3.8) is 0 Å². The second-order valence-electron chi connectivity index (χ2n) is 3.41. The van der Waals surface area contributed by atoms with Crippen LogP contribution >= 0.6 is 0 Å². The maximum absolute atomic E-state index is 11.6. The van der Waals surface area contributed by atoms with Crippen molar-refractivity contribution in [2.45, 2.75) is 20.8 Å². The first-order valence-electron chi connectivity index (χ1n) is 6.30. The van der Waals surface area contributed by atoms with E-state index in [1.165, 1.54) is 10.9 Å². The summed E-state index contributed by atoms with van der Waals surface area (Å²) in [6.45, 7) is 6.06. The van der Waals surface area contributed by atoms with Gasteiger partial charge in [-0.15, -0.1) is 0 Å². The van der Waals surface area contributed by atoms with Crippen LogP contribution in [0.2, 0.25) is 0 Å². The largest absolute Gasteiger partial charge is 0.462 e. The monoisotopic (exact) mass is 261 g/mol. The molecule has 0 spiro atoms. The number of aromatic nitrogens is 2. The van der Waals surface area contributed by atoms with E-state index >= 15 is 0 Å². The minimum Gasteiger partial charge on any atom is -0.462 e. The zero-order valence-electron chi connectivity index (χ0n) is 11.5. The Morgan fingerprint density at radius 3 is 2.53 bits per heavy atom. The first-order valence-corrected chi connectivity index (χ1v) is 6.30. The lowest BCUT2D eigenvalue weighted by molar-refractivity contribution is 0.0527. The van der Waals surface area contributed by atoms with Gasteiger partial charge in [0.1, 0.15) is 11.4 Å². The summed E-state index contributed by atoms with van der Waals surface area (Å²) in [5.41, 5.74) is 6.96. The molecular formula is C14H19N3O2. The van der Waals surface area contributed by atoms with Gasteiger partial charge in [0, 0.05) is 0 Å². The maximum Gasteiger partial charge on any atom is 0.343 e. The molecule has 0 unspecified atom stereocenters. The third kappa shape index (κ3) is 3.34. The van der Waals surface area contributed by atoms with Crippen LogP contribution in [0, 0.1) is 0 Å². The molecule has 5 nitrogen and oxygen atoms in total. The molecule has 2 N–H and O–H groups in total. The normalized spacial score (nSPS) is 9.42. The molecule has 1 heterocycles. The zero-order valence-corrected chi connectivity index (χ0v) is 11.5. The van der Waals surface area contributed by atoms with E-state index in [0.29, 0.717) is 6.61 Å². The Kier molecular flexibility index (Phi) is 5.60. The van der Waals surface area contributed by atoms with Gasteiger partial charge in [-0.05, 0) is 19.1 Å². The van der Waals surface area contributed by atoms with Crippen molar-refractivity contribution in [3.8, 4) is 5.69 Å². The van der Waals surface area contributed by atoms with Gasteiger partial charge in [-0.25, -0.2) is 9.48 Å². The Balaban J connectivity index is 0.000000861. The van der Waals surface area contributed by atoms with Crippen LogP contribution in [-0.2, 0) is 4.74 Å². The summed E-state index contributed by atoms with van der Waals surface area (Å²) in [5.74, 6) is -0.165. The Morgan fingerprint density at radius 1 is 1.32 bits per heavy atom. The Morgan fingerprint density at radius 2 is 1.95 bits per heavy atom. The van der Waals surface area contributed by atoms with Crippen LogP contribution in [0.3, 0.4) is 0 Å². The highest BCUT2D eigenvalue weighted by Gasteiger charge is 2.16. The SMILES string of the molecule is CC.CCOC(=O)c1cnn(-c2ccccc2)c1N. The van der Waals surface area contributed by atoms with E-state index in [9.17, 15) is 4.79 Å². The van der Waals surface area contributed by atoms with Crippen LogP contribution in [0.15, 0.2) is 36.5 Å². The smallest absolute Gasteiger partial charge is 0.343 e. The Hall–Kier alpha value is -2.30. The summed E-state index contributed by atoms with van der Waals surface area (Å²) < 4.78 is 6.39. The van der Waals surface area contributed by atoms with E-state index in [1.54, 1.807) is 6.92 Å². The summed E-state index contributed by atoms with van der Waals surface area (Å²) in [5, 5.41) is 4.08. The van der Waals surface area contributed by atoms with Crippen LogP contribution in [0.5, 0.6) is 0 Å². The van der Waals surface area contributed by atoms with E-state index in [4.69, 9.17) is 10.5 Å². The minimum absolute atomic E-state index is 0.287. The summed E-state index contributed by atoms with van der Waals surface area (Å²) >= 11 is 0. The third-order valence-corrected chi connectivity index (χ3v) is 2.30. The van der Waals surface area contributed by atoms with Gasteiger partial charge in [0.15, 0.2) is 0 Å². The predicted octanol–water partition coefficient (Wildman–Crippen LogP) is 2.66. The second-order valence-corrected chi connectivity index (χ2v) is 3.41. The standard InChI is InChI=1S/C12H13N3O2.C2H6/c1-2-17-12(16)10-8-14-15(11(10)13)9-6-4-3-5-7-9;1-2/h3-8H,2,13H2,1H3;1-2H3. The number of nitrogens with two attached hydrogens (primary N) is 1. The topological polar surface area (TPSA) is 70.1 Å². The Bertz CT molecular complexity index is 521. The van der Waals surface area contributed by atoms with Gasteiger partial charge < -0.3 is 10.5 Å². The molecule has 0 radical (unpaired) electrons. The van der Waals surface area contributed by atoms with Gasteiger partial charge in [0.05, 0.1) is 18.5 Å². The fourth-order valence-corrected chi connectivity index (χ4v) is 1.50. The van der Waals surface area contributed by atoms with Crippen LogP contribution in [0.1, 0.15) is 31.1 Å². The first kappa shape index (κ1) is 14.8. The van der Waals surface area contributed by atoms with E-state index in [0.717, 1.165) is 5.69 Å². The minimum atomic E-state index is -0.452. The van der Waals surface area contributed by atoms with Gasteiger partial charge in [-0.2, -0.15) is 5.10 Å². The van der Waals surface area contributed by atoms with Gasteiger partial charge in [-0.1, -0.05) is 32.0 Å². The average molecular weight is 261 g/mol. The molecule has 0 aliphatic heterocycles. The van der Waals surface area contributed by atoms with Gasteiger partial charge in [0.2, 0.25) is 0 Å². The van der Waals surface area contributed by atoms with Gasteiger partial charge in [0.25, 0.3) is 0 Å². The molecular weight excluding hydrogens is 242 g/mol. The number of esters is 1. The number of nitrogens with zero attached hydrogens (tertiary/aromatic N) is 2. The van der Waals surface area contributed by atoms with Crippen molar-refractivity contribution in [1.82, 2.24) is 9.78 Å². The van der Waals surface area contributed by atoms with Gasteiger partial charge >= 0.3 is 5.97 Å². The van der Waals surface area contributed by atoms with Crippen LogP contribution < -0.4 is 5.73 Å². The fraction of sp³-hybridized carbons (Fsp3) is 0.286. The number of ether oxygens (including phenoxy) is 1. The second kappa shape index (κ2) is 7.20. The predicted molar refractivity (Wildman–Crippen MR) is 75.3 cm³/mol. The summed E-state index contributed by atoms with van der Waals surface area (Å²) in [6, 6.07) is 9.37. The molecule has 2 rings (SSSR count). The first-order chi connectivity index (χ1) is 9.24. The van der Waals surface area contributed by atoms with E-state index < -0.39 is 5.97 Å². The maximum atomic E-state index is 11.6. The van der Waals surface area contributed by atoms with Crippen molar-refractivity contribution >= 4 is 11.8 Å². The molecule has 0 fully saturated rings. The molecule has 0 atom stereocenters. The molecule has 0 saturated heterocycles. The van der Waals surface area contributed by atoms with Crippen molar-refractivity contribution in [2.24, 2.45) is 0 Å². The third-order valence-electron chi connectivity index (χ3n) is 2.30. The van der Waals surface area contributed by atoms with Crippen molar-refractivity contribution in [1.29, 1.82) is 0 Å². The number of carbonyl (C=O) groups excluding carboxylic acids is 1. The van der Waals surface area contributed by atoms with Crippen molar-refractivity contribution in [2.75, 3.05) is 12.3 Å². The molecule has 0 aliphatic rings. The molecule has 0 aliphatic carbocycles.